The molecule has 1 saturated heterocycles. The molecular formula is C22H22FN3OS. The van der Waals surface area contributed by atoms with Gasteiger partial charge in [-0.05, 0) is 55.5 Å². The predicted octanol–water partition coefficient (Wildman–Crippen LogP) is 4.94. The molecule has 144 valence electrons. The van der Waals surface area contributed by atoms with Crippen LogP contribution in [0.1, 0.15) is 57.5 Å². The van der Waals surface area contributed by atoms with E-state index in [1.54, 1.807) is 17.6 Å². The summed E-state index contributed by atoms with van der Waals surface area (Å²) in [6, 6.07) is 10.6. The molecule has 1 aliphatic heterocycles. The number of aromatic nitrogens is 2. The van der Waals surface area contributed by atoms with Crippen LogP contribution in [0.3, 0.4) is 0 Å². The van der Waals surface area contributed by atoms with Crippen LogP contribution in [0.25, 0.3) is 0 Å². The largest absolute Gasteiger partial charge is 0.331 e. The van der Waals surface area contributed by atoms with Crippen molar-refractivity contribution in [2.45, 2.75) is 38.6 Å². The summed E-state index contributed by atoms with van der Waals surface area (Å²) in [7, 11) is 0. The number of carbonyl (C=O) groups excluding carboxylic acids is 1. The Hall–Kier alpha value is -2.60. The molecule has 0 N–H and O–H groups in total. The molecule has 1 aromatic carbocycles. The number of thiazole rings is 1. The van der Waals surface area contributed by atoms with Crippen molar-refractivity contribution in [3.05, 3.63) is 81.3 Å². The normalized spacial score (nSPS) is 16.9. The fourth-order valence-electron chi connectivity index (χ4n) is 3.71. The van der Waals surface area contributed by atoms with Gasteiger partial charge in [0.05, 0.1) is 17.2 Å². The van der Waals surface area contributed by atoms with Crippen molar-refractivity contribution >= 4 is 17.2 Å². The number of pyridine rings is 1. The molecule has 0 aliphatic carbocycles. The summed E-state index contributed by atoms with van der Waals surface area (Å²) in [5.41, 5.74) is 5.55. The number of hydrogen-bond donors (Lipinski definition) is 0. The Morgan fingerprint density at radius 3 is 2.68 bits per heavy atom. The monoisotopic (exact) mass is 395 g/mol. The lowest BCUT2D eigenvalue weighted by Gasteiger charge is -2.35. The summed E-state index contributed by atoms with van der Waals surface area (Å²) in [4.78, 5) is 24.6. The maximum atomic E-state index is 13.1. The Bertz CT molecular complexity index is 953. The Morgan fingerprint density at radius 1 is 1.18 bits per heavy atom. The number of halogens is 1. The van der Waals surface area contributed by atoms with Crippen LogP contribution in [0, 0.1) is 12.7 Å². The second-order valence-electron chi connectivity index (χ2n) is 7.16. The van der Waals surface area contributed by atoms with Crippen molar-refractivity contribution in [3.8, 4) is 0 Å². The zero-order chi connectivity index (χ0) is 19.5. The van der Waals surface area contributed by atoms with Crippen LogP contribution in [0.5, 0.6) is 0 Å². The van der Waals surface area contributed by atoms with Gasteiger partial charge >= 0.3 is 0 Å². The van der Waals surface area contributed by atoms with Crippen molar-refractivity contribution in [2.24, 2.45) is 0 Å². The molecule has 0 radical (unpaired) electrons. The average Bonchev–Trinajstić information content (AvgIpc) is 3.16. The quantitative estimate of drug-likeness (QED) is 0.628. The van der Waals surface area contributed by atoms with Crippen molar-refractivity contribution in [1.82, 2.24) is 14.9 Å². The van der Waals surface area contributed by atoms with Gasteiger partial charge in [-0.25, -0.2) is 9.37 Å². The van der Waals surface area contributed by atoms with E-state index in [4.69, 9.17) is 0 Å². The number of benzene rings is 1. The van der Waals surface area contributed by atoms with Gasteiger partial charge < -0.3 is 4.90 Å². The van der Waals surface area contributed by atoms with Crippen LogP contribution < -0.4 is 0 Å². The number of nitrogens with zero attached hydrogens (tertiary/aromatic N) is 3. The Labute approximate surface area is 168 Å². The molecular weight excluding hydrogens is 373 g/mol. The van der Waals surface area contributed by atoms with Crippen LogP contribution in [-0.2, 0) is 6.42 Å². The SMILES string of the molecule is Cc1ncsc1C(=O)N1CCCC[C@@H]1c1ccc(Cc2ccc(F)cc2)nc1. The number of aryl methyl sites for hydroxylation is 1. The molecule has 6 heteroatoms. The summed E-state index contributed by atoms with van der Waals surface area (Å²) in [6.45, 7) is 2.65. The first kappa shape index (κ1) is 18.7. The van der Waals surface area contributed by atoms with Crippen molar-refractivity contribution < 1.29 is 9.18 Å². The van der Waals surface area contributed by atoms with E-state index in [9.17, 15) is 9.18 Å². The summed E-state index contributed by atoms with van der Waals surface area (Å²) in [5, 5.41) is 0. The van der Waals surface area contributed by atoms with Crippen LogP contribution >= 0.6 is 11.3 Å². The molecule has 3 heterocycles. The van der Waals surface area contributed by atoms with Gasteiger partial charge in [-0.1, -0.05) is 18.2 Å². The average molecular weight is 396 g/mol. The molecule has 0 spiro atoms. The zero-order valence-electron chi connectivity index (χ0n) is 15.8. The van der Waals surface area contributed by atoms with Gasteiger partial charge in [-0.3, -0.25) is 9.78 Å². The molecule has 2 aromatic heterocycles. The van der Waals surface area contributed by atoms with Crippen molar-refractivity contribution in [1.29, 1.82) is 0 Å². The first-order chi connectivity index (χ1) is 13.6. The molecule has 1 amide bonds. The highest BCUT2D eigenvalue weighted by molar-refractivity contribution is 7.11. The number of amides is 1. The summed E-state index contributed by atoms with van der Waals surface area (Å²) < 4.78 is 13.1. The lowest BCUT2D eigenvalue weighted by molar-refractivity contribution is 0.0615. The maximum absolute atomic E-state index is 13.1. The van der Waals surface area contributed by atoms with Gasteiger partial charge in [-0.2, -0.15) is 0 Å². The smallest absolute Gasteiger partial charge is 0.266 e. The van der Waals surface area contributed by atoms with Gasteiger partial charge in [0.25, 0.3) is 5.91 Å². The number of piperidine rings is 1. The minimum atomic E-state index is -0.231. The first-order valence-electron chi connectivity index (χ1n) is 9.52. The third-order valence-electron chi connectivity index (χ3n) is 5.23. The topological polar surface area (TPSA) is 46.1 Å². The molecule has 1 fully saturated rings. The van der Waals surface area contributed by atoms with Gasteiger partial charge in [0, 0.05) is 24.9 Å². The molecule has 1 atom stereocenters. The van der Waals surface area contributed by atoms with E-state index in [1.165, 1.54) is 23.5 Å². The second kappa shape index (κ2) is 8.19. The van der Waals surface area contributed by atoms with E-state index in [0.29, 0.717) is 6.42 Å². The van der Waals surface area contributed by atoms with E-state index in [1.807, 2.05) is 24.1 Å². The van der Waals surface area contributed by atoms with E-state index in [2.05, 4.69) is 16.0 Å². The Morgan fingerprint density at radius 2 is 2.00 bits per heavy atom. The first-order valence-corrected chi connectivity index (χ1v) is 10.4. The van der Waals surface area contributed by atoms with Gasteiger partial charge in [-0.15, -0.1) is 11.3 Å². The van der Waals surface area contributed by atoms with Crippen molar-refractivity contribution in [3.63, 3.8) is 0 Å². The van der Waals surface area contributed by atoms with E-state index in [-0.39, 0.29) is 17.8 Å². The molecule has 3 aromatic rings. The molecule has 28 heavy (non-hydrogen) atoms. The Kier molecular flexibility index (Phi) is 5.48. The Balaban J connectivity index is 1.52. The molecule has 4 nitrogen and oxygen atoms in total. The van der Waals surface area contributed by atoms with Crippen molar-refractivity contribution in [2.75, 3.05) is 6.54 Å². The third-order valence-corrected chi connectivity index (χ3v) is 6.15. The van der Waals surface area contributed by atoms with E-state index in [0.717, 1.165) is 53.2 Å². The molecule has 1 aliphatic rings. The minimum absolute atomic E-state index is 0.0510. The van der Waals surface area contributed by atoms with Crippen LogP contribution in [-0.4, -0.2) is 27.3 Å². The molecule has 0 bridgehead atoms. The van der Waals surface area contributed by atoms with Gasteiger partial charge in [0.2, 0.25) is 0 Å². The predicted molar refractivity (Wildman–Crippen MR) is 108 cm³/mol. The highest BCUT2D eigenvalue weighted by Crippen LogP contribution is 2.33. The standard InChI is InChI=1S/C22H22FN3OS/c1-15-21(28-14-25-15)22(27)26-11-3-2-4-20(26)17-7-10-19(24-13-17)12-16-5-8-18(23)9-6-16/h5-10,13-14,20H,2-4,11-12H2,1H3/t20-/m1/s1. The lowest BCUT2D eigenvalue weighted by Crippen LogP contribution is -2.38. The maximum Gasteiger partial charge on any atom is 0.266 e. The summed E-state index contributed by atoms with van der Waals surface area (Å²) >= 11 is 1.41. The molecule has 0 unspecified atom stereocenters. The fraction of sp³-hybridized carbons (Fsp3) is 0.318. The lowest BCUT2D eigenvalue weighted by atomic mass is 9.95. The van der Waals surface area contributed by atoms with E-state index >= 15 is 0 Å². The van der Waals surface area contributed by atoms with Crippen LogP contribution in [0.4, 0.5) is 4.39 Å². The highest BCUT2D eigenvalue weighted by Gasteiger charge is 2.30. The van der Waals surface area contributed by atoms with Gasteiger partial charge in [0.15, 0.2) is 0 Å². The second-order valence-corrected chi connectivity index (χ2v) is 8.02. The fourth-order valence-corrected chi connectivity index (χ4v) is 4.47. The zero-order valence-corrected chi connectivity index (χ0v) is 16.6. The number of carbonyl (C=O) groups is 1. The van der Waals surface area contributed by atoms with Crippen LogP contribution in [0.15, 0.2) is 48.1 Å². The van der Waals surface area contributed by atoms with Gasteiger partial charge in [0.1, 0.15) is 10.7 Å². The highest BCUT2D eigenvalue weighted by atomic mass is 32.1. The summed E-state index contributed by atoms with van der Waals surface area (Å²) in [6.07, 6.45) is 5.62. The third kappa shape index (κ3) is 3.97. The summed E-state index contributed by atoms with van der Waals surface area (Å²) in [5.74, 6) is -0.162. The molecule has 4 rings (SSSR count). The molecule has 0 saturated carbocycles. The van der Waals surface area contributed by atoms with Crippen LogP contribution in [0.2, 0.25) is 0 Å². The number of hydrogen-bond acceptors (Lipinski definition) is 4. The van der Waals surface area contributed by atoms with E-state index < -0.39 is 0 Å². The number of likely N-dealkylation sites (tertiary alicyclic amines) is 1. The minimum Gasteiger partial charge on any atom is -0.331 e. The number of rotatable bonds is 4.